The maximum atomic E-state index is 12.1. The van der Waals surface area contributed by atoms with Gasteiger partial charge in [0.2, 0.25) is 11.6 Å². The van der Waals surface area contributed by atoms with Crippen molar-refractivity contribution in [3.63, 3.8) is 0 Å². The van der Waals surface area contributed by atoms with Crippen LogP contribution >= 0.6 is 0 Å². The van der Waals surface area contributed by atoms with Gasteiger partial charge in [0.15, 0.2) is 0 Å². The molecule has 0 radical (unpaired) electrons. The summed E-state index contributed by atoms with van der Waals surface area (Å²) in [5, 5.41) is 22.0. The molecule has 5 aromatic rings. The van der Waals surface area contributed by atoms with Crippen LogP contribution < -0.4 is 10.4 Å². The first-order chi connectivity index (χ1) is 15.7. The number of nitrogens with one attached hydrogen (secondary N) is 1. The van der Waals surface area contributed by atoms with Crippen LogP contribution in [-0.4, -0.2) is 29.9 Å². The van der Waals surface area contributed by atoms with Gasteiger partial charge in [0, 0.05) is 0 Å². The molecule has 5 rings (SSSR count). The first-order valence-corrected chi connectivity index (χ1v) is 9.69. The van der Waals surface area contributed by atoms with Gasteiger partial charge in [-0.1, -0.05) is 53.7 Å². The highest BCUT2D eigenvalue weighted by Crippen LogP contribution is 2.32. The van der Waals surface area contributed by atoms with Crippen LogP contribution in [0.4, 0.5) is 22.9 Å². The number of hydrogen-bond acceptors (Lipinski definition) is 8. The largest absolute Gasteiger partial charge is 0.357 e. The lowest BCUT2D eigenvalue weighted by Crippen LogP contribution is -2.26. The Morgan fingerprint density at radius 3 is 2.12 bits per heavy atom. The summed E-state index contributed by atoms with van der Waals surface area (Å²) in [6.45, 7) is 0. The first kappa shape index (κ1) is 19.1. The maximum absolute atomic E-state index is 12.1. The molecule has 0 aliphatic carbocycles. The van der Waals surface area contributed by atoms with E-state index in [0.29, 0.717) is 11.0 Å². The summed E-state index contributed by atoms with van der Waals surface area (Å²) >= 11 is 0. The van der Waals surface area contributed by atoms with Crippen molar-refractivity contribution >= 4 is 33.9 Å². The second-order valence-corrected chi connectivity index (χ2v) is 6.76. The van der Waals surface area contributed by atoms with Gasteiger partial charge in [-0.25, -0.2) is 9.97 Å². The number of nitro groups is 1. The quantitative estimate of drug-likeness (QED) is 0.317. The number of anilines is 3. The summed E-state index contributed by atoms with van der Waals surface area (Å²) in [5.74, 6) is 0.0366. The zero-order valence-electron chi connectivity index (χ0n) is 16.6. The highest BCUT2D eigenvalue weighted by Gasteiger charge is 2.28. The second-order valence-electron chi connectivity index (χ2n) is 6.76. The number of aromatic nitrogens is 5. The number of rotatable bonds is 6. The van der Waals surface area contributed by atoms with Crippen molar-refractivity contribution in [2.75, 3.05) is 10.4 Å². The fraction of sp³-hybridized carbons (Fsp3) is 0. The third-order valence-electron chi connectivity index (χ3n) is 4.78. The maximum Gasteiger partial charge on any atom is 0.357 e. The summed E-state index contributed by atoms with van der Waals surface area (Å²) in [4.78, 5) is 19.9. The van der Waals surface area contributed by atoms with Crippen molar-refractivity contribution < 1.29 is 4.92 Å². The molecule has 156 valence electrons. The van der Waals surface area contributed by atoms with E-state index >= 15 is 0 Å². The van der Waals surface area contributed by atoms with E-state index in [4.69, 9.17) is 0 Å². The Morgan fingerprint density at radius 1 is 0.844 bits per heavy atom. The van der Waals surface area contributed by atoms with Gasteiger partial charge in [-0.15, -0.1) is 5.10 Å². The molecular formula is C22H16N8O2. The third kappa shape index (κ3) is 3.45. The highest BCUT2D eigenvalue weighted by molar-refractivity contribution is 5.78. The molecule has 0 aliphatic rings. The Kier molecular flexibility index (Phi) is 4.85. The van der Waals surface area contributed by atoms with Gasteiger partial charge in [0.05, 0.1) is 21.8 Å². The lowest BCUT2D eigenvalue weighted by atomic mass is 10.2. The molecule has 0 saturated carbocycles. The van der Waals surface area contributed by atoms with Gasteiger partial charge in [0.25, 0.3) is 0 Å². The smallest absolute Gasteiger partial charge is 0.271 e. The van der Waals surface area contributed by atoms with Crippen molar-refractivity contribution in [1.29, 1.82) is 0 Å². The van der Waals surface area contributed by atoms with E-state index in [9.17, 15) is 10.1 Å². The van der Waals surface area contributed by atoms with Crippen LogP contribution in [-0.2, 0) is 0 Å². The Hall–Kier alpha value is -4.86. The lowest BCUT2D eigenvalue weighted by Gasteiger charge is -2.25. The number of fused-ring (bicyclic) bond motifs is 1. The Bertz CT molecular complexity index is 1350. The fourth-order valence-corrected chi connectivity index (χ4v) is 3.34. The normalized spacial score (nSPS) is 10.8. The van der Waals surface area contributed by atoms with E-state index in [1.165, 1.54) is 11.0 Å². The van der Waals surface area contributed by atoms with Crippen molar-refractivity contribution in [3.8, 4) is 5.82 Å². The van der Waals surface area contributed by atoms with Crippen LogP contribution in [0.2, 0.25) is 0 Å². The minimum atomic E-state index is -0.526. The van der Waals surface area contributed by atoms with Gasteiger partial charge < -0.3 is 0 Å². The molecular weight excluding hydrogens is 408 g/mol. The molecule has 0 fully saturated rings. The molecule has 10 heteroatoms. The summed E-state index contributed by atoms with van der Waals surface area (Å²) in [5.41, 5.74) is 5.53. The van der Waals surface area contributed by atoms with E-state index in [1.807, 2.05) is 66.7 Å². The third-order valence-corrected chi connectivity index (χ3v) is 4.78. The molecule has 0 spiro atoms. The number of hydrogen-bond donors (Lipinski definition) is 1. The molecule has 2 heterocycles. The minimum absolute atomic E-state index is 0.0160. The number of para-hydroxylation sites is 3. The molecule has 32 heavy (non-hydrogen) atoms. The number of benzene rings is 3. The van der Waals surface area contributed by atoms with Gasteiger partial charge in [-0.3, -0.25) is 20.5 Å². The standard InChI is InChI=1S/C22H16N8O2/c31-30(32)20-21(23-15-24-22(20)29-19-14-8-7-13-18(19)25-27-29)26-28(16-9-3-1-4-10-16)17-11-5-2-6-12-17/h1-15H,(H,23,24,26). The molecule has 10 nitrogen and oxygen atoms in total. The van der Waals surface area contributed by atoms with Crippen molar-refractivity contribution in [2.45, 2.75) is 0 Å². The van der Waals surface area contributed by atoms with E-state index in [-0.39, 0.29) is 17.3 Å². The monoisotopic (exact) mass is 424 g/mol. The molecule has 1 N–H and O–H groups in total. The number of nitrogens with zero attached hydrogens (tertiary/aromatic N) is 7. The predicted octanol–water partition coefficient (Wildman–Crippen LogP) is 4.28. The number of hydrazine groups is 1. The van der Waals surface area contributed by atoms with Crippen LogP contribution in [0.5, 0.6) is 0 Å². The summed E-state index contributed by atoms with van der Waals surface area (Å²) in [6, 6.07) is 26.1. The van der Waals surface area contributed by atoms with Crippen LogP contribution in [0.3, 0.4) is 0 Å². The average Bonchev–Trinajstić information content (AvgIpc) is 3.27. The van der Waals surface area contributed by atoms with E-state index in [2.05, 4.69) is 25.7 Å². The summed E-state index contributed by atoms with van der Waals surface area (Å²) in [7, 11) is 0. The molecule has 0 unspecified atom stereocenters. The zero-order chi connectivity index (χ0) is 21.9. The first-order valence-electron chi connectivity index (χ1n) is 9.69. The van der Waals surface area contributed by atoms with Crippen molar-refractivity contribution in [3.05, 3.63) is 101 Å². The van der Waals surface area contributed by atoms with E-state index < -0.39 is 4.92 Å². The van der Waals surface area contributed by atoms with Crippen molar-refractivity contribution in [2.24, 2.45) is 0 Å². The molecule has 0 saturated heterocycles. The average molecular weight is 424 g/mol. The Morgan fingerprint density at radius 2 is 1.47 bits per heavy atom. The van der Waals surface area contributed by atoms with Gasteiger partial charge in [-0.05, 0) is 36.4 Å². The SMILES string of the molecule is O=[N+]([O-])c1c(NN(c2ccccc2)c2ccccc2)ncnc1-n1nnc2ccccc21. The van der Waals surface area contributed by atoms with E-state index in [0.717, 1.165) is 11.4 Å². The lowest BCUT2D eigenvalue weighted by molar-refractivity contribution is -0.384. The molecule has 0 bridgehead atoms. The van der Waals surface area contributed by atoms with E-state index in [1.54, 1.807) is 23.2 Å². The highest BCUT2D eigenvalue weighted by atomic mass is 16.6. The van der Waals surface area contributed by atoms with Crippen LogP contribution in [0.15, 0.2) is 91.3 Å². The zero-order valence-corrected chi connectivity index (χ0v) is 16.6. The van der Waals surface area contributed by atoms with Crippen LogP contribution in [0, 0.1) is 10.1 Å². The fourth-order valence-electron chi connectivity index (χ4n) is 3.34. The molecule has 0 aliphatic heterocycles. The molecule has 0 atom stereocenters. The van der Waals surface area contributed by atoms with Gasteiger partial charge in [-0.2, -0.15) is 4.68 Å². The van der Waals surface area contributed by atoms with Crippen LogP contribution in [0.1, 0.15) is 0 Å². The molecule has 2 aromatic heterocycles. The Balaban J connectivity index is 1.65. The second kappa shape index (κ2) is 8.11. The van der Waals surface area contributed by atoms with Gasteiger partial charge in [0.1, 0.15) is 11.8 Å². The Labute approximate surface area is 181 Å². The summed E-state index contributed by atoms with van der Waals surface area (Å²) < 4.78 is 1.34. The van der Waals surface area contributed by atoms with Crippen LogP contribution in [0.25, 0.3) is 16.9 Å². The van der Waals surface area contributed by atoms with Gasteiger partial charge >= 0.3 is 5.69 Å². The minimum Gasteiger partial charge on any atom is -0.271 e. The van der Waals surface area contributed by atoms with Crippen molar-refractivity contribution in [1.82, 2.24) is 25.0 Å². The molecule has 0 amide bonds. The predicted molar refractivity (Wildman–Crippen MR) is 120 cm³/mol. The summed E-state index contributed by atoms with van der Waals surface area (Å²) in [6.07, 6.45) is 1.26. The topological polar surface area (TPSA) is 115 Å². The molecule has 3 aromatic carbocycles.